The van der Waals surface area contributed by atoms with Crippen LogP contribution in [0.3, 0.4) is 0 Å². The molecule has 0 aliphatic carbocycles. The third kappa shape index (κ3) is 1.96. The minimum absolute atomic E-state index is 0. The van der Waals surface area contributed by atoms with Crippen molar-refractivity contribution in [1.29, 1.82) is 0 Å². The molecule has 0 atom stereocenters. The van der Waals surface area contributed by atoms with Gasteiger partial charge in [0.05, 0.1) is 0 Å². The van der Waals surface area contributed by atoms with Crippen LogP contribution in [0.4, 0.5) is 0 Å². The van der Waals surface area contributed by atoms with E-state index >= 15 is 0 Å². The Bertz CT molecular complexity index is 809. The molecular weight excluding hydrogens is 328 g/mol. The molecule has 0 N–H and O–H groups in total. The van der Waals surface area contributed by atoms with E-state index in [0.29, 0.717) is 0 Å². The molecular formula is C18H13BrS. The fourth-order valence-corrected chi connectivity index (χ4v) is 5.06. The van der Waals surface area contributed by atoms with Gasteiger partial charge in [0.1, 0.15) is 0 Å². The van der Waals surface area contributed by atoms with Crippen molar-refractivity contribution in [2.24, 2.45) is 0 Å². The fraction of sp³-hybridized carbons (Fsp3) is 0. The first kappa shape index (κ1) is 13.3. The van der Waals surface area contributed by atoms with Crippen molar-refractivity contribution in [2.75, 3.05) is 0 Å². The quantitative estimate of drug-likeness (QED) is 0.467. The summed E-state index contributed by atoms with van der Waals surface area (Å²) in [6.07, 6.45) is 0. The van der Waals surface area contributed by atoms with Gasteiger partial charge in [-0.2, -0.15) is 0 Å². The molecule has 1 heterocycles. The van der Waals surface area contributed by atoms with Gasteiger partial charge in [-0.15, -0.1) is 0 Å². The summed E-state index contributed by atoms with van der Waals surface area (Å²) in [4.78, 5) is 1.40. The van der Waals surface area contributed by atoms with E-state index in [4.69, 9.17) is 0 Å². The molecule has 20 heavy (non-hydrogen) atoms. The number of benzene rings is 3. The van der Waals surface area contributed by atoms with Crippen LogP contribution in [0.25, 0.3) is 25.1 Å². The third-order valence-corrected chi connectivity index (χ3v) is 5.82. The van der Waals surface area contributed by atoms with E-state index in [1.165, 1.54) is 25.1 Å². The van der Waals surface area contributed by atoms with Crippen molar-refractivity contribution >= 4 is 30.6 Å². The second-order valence-corrected chi connectivity index (χ2v) is 6.57. The lowest BCUT2D eigenvalue weighted by Crippen LogP contribution is -3.00. The van der Waals surface area contributed by atoms with E-state index in [0.717, 1.165) is 0 Å². The fourth-order valence-electron chi connectivity index (χ4n) is 2.66. The highest BCUT2D eigenvalue weighted by molar-refractivity contribution is 7.50. The van der Waals surface area contributed by atoms with Crippen molar-refractivity contribution in [2.45, 2.75) is 0 Å². The zero-order chi connectivity index (χ0) is 12.7. The normalized spacial score (nSPS) is 10.6. The number of thiophene rings is 1. The lowest BCUT2D eigenvalue weighted by atomic mass is 10.2. The minimum Gasteiger partial charge on any atom is -1.00 e. The van der Waals surface area contributed by atoms with Crippen molar-refractivity contribution in [3.05, 3.63) is 78.9 Å². The van der Waals surface area contributed by atoms with Crippen molar-refractivity contribution in [3.8, 4) is 4.90 Å². The third-order valence-electron chi connectivity index (χ3n) is 3.48. The van der Waals surface area contributed by atoms with Gasteiger partial charge in [-0.3, -0.25) is 0 Å². The summed E-state index contributed by atoms with van der Waals surface area (Å²) in [5.41, 5.74) is 0. The van der Waals surface area contributed by atoms with E-state index in [-0.39, 0.29) is 27.5 Å². The van der Waals surface area contributed by atoms with Crippen LogP contribution in [0, 0.1) is 0 Å². The van der Waals surface area contributed by atoms with E-state index in [1.807, 2.05) is 0 Å². The Morgan fingerprint density at radius 2 is 0.950 bits per heavy atom. The Kier molecular flexibility index (Phi) is 3.60. The van der Waals surface area contributed by atoms with Gasteiger partial charge in [-0.1, -0.05) is 42.5 Å². The molecule has 0 nitrogen and oxygen atoms in total. The predicted molar refractivity (Wildman–Crippen MR) is 85.3 cm³/mol. The minimum atomic E-state index is 0. The molecule has 3 aromatic carbocycles. The average molecular weight is 341 g/mol. The molecule has 1 aromatic heterocycles. The van der Waals surface area contributed by atoms with Crippen LogP contribution in [0.2, 0.25) is 0 Å². The summed E-state index contributed by atoms with van der Waals surface area (Å²) in [5, 5.41) is 2.79. The molecule has 0 bridgehead atoms. The number of hydrogen-bond acceptors (Lipinski definition) is 0. The van der Waals surface area contributed by atoms with Crippen LogP contribution in [-0.2, 0) is 0 Å². The highest BCUT2D eigenvalue weighted by Gasteiger charge is 2.22. The molecule has 0 spiro atoms. The molecule has 98 valence electrons. The molecule has 4 aromatic rings. The maximum absolute atomic E-state index is 2.27. The SMILES string of the molecule is [Br-].c1ccc(-[s+]2c3ccccc3c3ccccc32)cc1. The first-order valence-electron chi connectivity index (χ1n) is 6.43. The maximum atomic E-state index is 2.27. The highest BCUT2D eigenvalue weighted by atomic mass is 79.9. The molecule has 4 rings (SSSR count). The average Bonchev–Trinajstić information content (AvgIpc) is 2.83. The van der Waals surface area contributed by atoms with Crippen LogP contribution in [-0.4, -0.2) is 0 Å². The van der Waals surface area contributed by atoms with E-state index in [9.17, 15) is 0 Å². The number of hydrogen-bond donors (Lipinski definition) is 0. The standard InChI is InChI=1S/C18H13S.BrH/c1-2-8-14(9-3-1)19-17-12-6-4-10-15(17)16-11-5-7-13-18(16)19;/h1-13H;1H/q+1;/p-1. The Morgan fingerprint density at radius 1 is 0.500 bits per heavy atom. The Balaban J connectivity index is 0.00000121. The van der Waals surface area contributed by atoms with Gasteiger partial charge in [0.25, 0.3) is 0 Å². The summed E-state index contributed by atoms with van der Waals surface area (Å²) >= 11 is 0. The lowest BCUT2D eigenvalue weighted by molar-refractivity contribution is -0.00000347. The van der Waals surface area contributed by atoms with Gasteiger partial charge in [0.2, 0.25) is 0 Å². The smallest absolute Gasteiger partial charge is 0.187 e. The van der Waals surface area contributed by atoms with Crippen LogP contribution in [0.15, 0.2) is 78.9 Å². The zero-order valence-corrected chi connectivity index (χ0v) is 13.2. The van der Waals surface area contributed by atoms with Gasteiger partial charge in [0, 0.05) is 21.2 Å². The maximum Gasteiger partial charge on any atom is 0.187 e. The van der Waals surface area contributed by atoms with Crippen LogP contribution in [0.5, 0.6) is 0 Å². The van der Waals surface area contributed by atoms with E-state index in [1.54, 1.807) is 0 Å². The van der Waals surface area contributed by atoms with E-state index < -0.39 is 0 Å². The summed E-state index contributed by atoms with van der Waals surface area (Å²) < 4.78 is 2.91. The summed E-state index contributed by atoms with van der Waals surface area (Å²) in [7, 11) is 0.0594. The van der Waals surface area contributed by atoms with Gasteiger partial charge in [0.15, 0.2) is 14.3 Å². The second-order valence-electron chi connectivity index (χ2n) is 4.61. The molecule has 0 fully saturated rings. The van der Waals surface area contributed by atoms with Crippen molar-refractivity contribution < 1.29 is 17.0 Å². The molecule has 0 aliphatic heterocycles. The molecule has 0 saturated heterocycles. The van der Waals surface area contributed by atoms with Crippen molar-refractivity contribution in [3.63, 3.8) is 0 Å². The first-order chi connectivity index (χ1) is 9.45. The zero-order valence-electron chi connectivity index (χ0n) is 10.8. The summed E-state index contributed by atoms with van der Waals surface area (Å²) in [6.45, 7) is 0. The Labute approximate surface area is 131 Å². The van der Waals surface area contributed by atoms with Crippen LogP contribution in [0.1, 0.15) is 0 Å². The topological polar surface area (TPSA) is 0 Å². The predicted octanol–water partition coefficient (Wildman–Crippen LogP) is 2.74. The van der Waals surface area contributed by atoms with Crippen molar-refractivity contribution in [1.82, 2.24) is 0 Å². The molecule has 0 aliphatic rings. The number of rotatable bonds is 1. The lowest BCUT2D eigenvalue weighted by Gasteiger charge is -1.91. The largest absolute Gasteiger partial charge is 1.00 e. The van der Waals surface area contributed by atoms with Crippen LogP contribution >= 0.6 is 10.5 Å². The van der Waals surface area contributed by atoms with Gasteiger partial charge in [-0.25, -0.2) is 0 Å². The first-order valence-corrected chi connectivity index (χ1v) is 7.65. The Morgan fingerprint density at radius 3 is 1.50 bits per heavy atom. The van der Waals surface area contributed by atoms with E-state index in [2.05, 4.69) is 78.9 Å². The number of fused-ring (bicyclic) bond motifs is 3. The van der Waals surface area contributed by atoms with Gasteiger partial charge < -0.3 is 17.0 Å². The molecule has 0 radical (unpaired) electrons. The molecule has 0 saturated carbocycles. The molecule has 0 unspecified atom stereocenters. The molecule has 2 heteroatoms. The summed E-state index contributed by atoms with van der Waals surface area (Å²) in [5.74, 6) is 0. The van der Waals surface area contributed by atoms with Gasteiger partial charge in [-0.05, 0) is 36.4 Å². The second kappa shape index (κ2) is 5.39. The van der Waals surface area contributed by atoms with Gasteiger partial charge >= 0.3 is 0 Å². The number of halogens is 1. The van der Waals surface area contributed by atoms with Crippen LogP contribution < -0.4 is 17.0 Å². The summed E-state index contributed by atoms with van der Waals surface area (Å²) in [6, 6.07) is 28.4. The Hall–Kier alpha value is -1.64. The molecule has 0 amide bonds. The monoisotopic (exact) mass is 340 g/mol. The highest BCUT2D eigenvalue weighted by Crippen LogP contribution is 2.47.